The minimum atomic E-state index is 0.129. The van der Waals surface area contributed by atoms with Gasteiger partial charge in [0.05, 0.1) is 18.4 Å². The van der Waals surface area contributed by atoms with Crippen molar-refractivity contribution in [2.75, 3.05) is 30.8 Å². The Morgan fingerprint density at radius 2 is 2.32 bits per heavy atom. The third kappa shape index (κ3) is 4.31. The molecular formula is C15H24N2O2. The topological polar surface area (TPSA) is 56.5 Å². The van der Waals surface area contributed by atoms with E-state index in [-0.39, 0.29) is 6.10 Å². The molecule has 0 bridgehead atoms. The van der Waals surface area contributed by atoms with E-state index in [0.29, 0.717) is 11.6 Å². The molecule has 0 spiro atoms. The monoisotopic (exact) mass is 264 g/mol. The molecule has 1 unspecified atom stereocenters. The van der Waals surface area contributed by atoms with Gasteiger partial charge in [-0.1, -0.05) is 0 Å². The van der Waals surface area contributed by atoms with Gasteiger partial charge in [-0.2, -0.15) is 0 Å². The van der Waals surface area contributed by atoms with E-state index in [1.54, 1.807) is 0 Å². The van der Waals surface area contributed by atoms with Crippen molar-refractivity contribution >= 4 is 11.4 Å². The average Bonchev–Trinajstić information content (AvgIpc) is 2.40. The van der Waals surface area contributed by atoms with Crippen LogP contribution < -0.4 is 15.8 Å². The molecule has 1 heterocycles. The van der Waals surface area contributed by atoms with Crippen LogP contribution >= 0.6 is 0 Å². The van der Waals surface area contributed by atoms with Gasteiger partial charge in [0.1, 0.15) is 5.75 Å². The van der Waals surface area contributed by atoms with Crippen LogP contribution in [0.15, 0.2) is 18.2 Å². The number of nitrogen functional groups attached to an aromatic ring is 1. The van der Waals surface area contributed by atoms with Crippen LogP contribution in [-0.2, 0) is 4.74 Å². The molecule has 1 aromatic carbocycles. The van der Waals surface area contributed by atoms with Gasteiger partial charge in [0.2, 0.25) is 0 Å². The minimum Gasteiger partial charge on any atom is -0.489 e. The summed E-state index contributed by atoms with van der Waals surface area (Å²) in [7, 11) is 0. The van der Waals surface area contributed by atoms with Crippen LogP contribution in [0.25, 0.3) is 0 Å². The third-order valence-corrected chi connectivity index (χ3v) is 3.23. The molecule has 3 N–H and O–H groups in total. The largest absolute Gasteiger partial charge is 0.489 e. The lowest BCUT2D eigenvalue weighted by Crippen LogP contribution is -2.24. The standard InChI is InChI=1S/C15H24N2O2/c1-11(2)19-15-8-13(5-6-14(15)16)17-9-12-4-3-7-18-10-12/h5-6,8,11-12,17H,3-4,7,9-10,16H2,1-2H3. The first-order chi connectivity index (χ1) is 9.15. The molecule has 1 aliphatic heterocycles. The van der Waals surface area contributed by atoms with Crippen molar-refractivity contribution in [2.45, 2.75) is 32.8 Å². The molecule has 106 valence electrons. The Morgan fingerprint density at radius 3 is 3.00 bits per heavy atom. The van der Waals surface area contributed by atoms with E-state index in [9.17, 15) is 0 Å². The Balaban J connectivity index is 1.92. The second kappa shape index (κ2) is 6.66. The number of benzene rings is 1. The summed E-state index contributed by atoms with van der Waals surface area (Å²) >= 11 is 0. The predicted molar refractivity (Wildman–Crippen MR) is 78.7 cm³/mol. The lowest BCUT2D eigenvalue weighted by molar-refractivity contribution is 0.0595. The van der Waals surface area contributed by atoms with Crippen LogP contribution in [0, 0.1) is 5.92 Å². The van der Waals surface area contributed by atoms with Crippen molar-refractivity contribution in [1.82, 2.24) is 0 Å². The molecule has 1 saturated heterocycles. The van der Waals surface area contributed by atoms with Gasteiger partial charge in [-0.15, -0.1) is 0 Å². The highest BCUT2D eigenvalue weighted by atomic mass is 16.5. The highest BCUT2D eigenvalue weighted by Gasteiger charge is 2.13. The molecule has 2 rings (SSSR count). The molecule has 19 heavy (non-hydrogen) atoms. The first-order valence-corrected chi connectivity index (χ1v) is 7.03. The molecule has 1 aliphatic rings. The van der Waals surface area contributed by atoms with E-state index in [1.165, 1.54) is 6.42 Å². The average molecular weight is 264 g/mol. The maximum absolute atomic E-state index is 5.90. The molecule has 0 aromatic heterocycles. The summed E-state index contributed by atoms with van der Waals surface area (Å²) in [6.45, 7) is 6.70. The van der Waals surface area contributed by atoms with E-state index in [0.717, 1.165) is 37.6 Å². The molecule has 0 saturated carbocycles. The van der Waals surface area contributed by atoms with Gasteiger partial charge in [0.25, 0.3) is 0 Å². The second-order valence-electron chi connectivity index (χ2n) is 5.38. The summed E-state index contributed by atoms with van der Waals surface area (Å²) in [6, 6.07) is 5.85. The molecule has 1 aromatic rings. The summed E-state index contributed by atoms with van der Waals surface area (Å²) in [5.41, 5.74) is 7.64. The number of nitrogens with one attached hydrogen (secondary N) is 1. The van der Waals surface area contributed by atoms with Crippen molar-refractivity contribution in [2.24, 2.45) is 5.92 Å². The summed E-state index contributed by atoms with van der Waals surface area (Å²) in [5.74, 6) is 1.35. The lowest BCUT2D eigenvalue weighted by atomic mass is 10.0. The Morgan fingerprint density at radius 1 is 1.47 bits per heavy atom. The Bertz CT molecular complexity index is 401. The molecule has 4 nitrogen and oxygen atoms in total. The van der Waals surface area contributed by atoms with Crippen LogP contribution in [0.3, 0.4) is 0 Å². The highest BCUT2D eigenvalue weighted by molar-refractivity contribution is 5.61. The summed E-state index contributed by atoms with van der Waals surface area (Å²) in [4.78, 5) is 0. The van der Waals surface area contributed by atoms with Crippen LogP contribution in [0.1, 0.15) is 26.7 Å². The van der Waals surface area contributed by atoms with E-state index in [2.05, 4.69) is 5.32 Å². The van der Waals surface area contributed by atoms with Crippen LogP contribution in [0.2, 0.25) is 0 Å². The summed E-state index contributed by atoms with van der Waals surface area (Å²) in [6.07, 6.45) is 2.52. The second-order valence-corrected chi connectivity index (χ2v) is 5.38. The number of ether oxygens (including phenoxy) is 2. The summed E-state index contributed by atoms with van der Waals surface area (Å²) < 4.78 is 11.2. The molecule has 4 heteroatoms. The van der Waals surface area contributed by atoms with Gasteiger partial charge in [0.15, 0.2) is 0 Å². The first-order valence-electron chi connectivity index (χ1n) is 7.03. The van der Waals surface area contributed by atoms with Gasteiger partial charge in [-0.05, 0) is 44.7 Å². The molecule has 1 fully saturated rings. The van der Waals surface area contributed by atoms with Crippen molar-refractivity contribution in [3.63, 3.8) is 0 Å². The molecule has 1 atom stereocenters. The quantitative estimate of drug-likeness (QED) is 0.803. The predicted octanol–water partition coefficient (Wildman–Crippen LogP) is 2.89. The van der Waals surface area contributed by atoms with E-state index in [4.69, 9.17) is 15.2 Å². The smallest absolute Gasteiger partial charge is 0.144 e. The molecule has 0 radical (unpaired) electrons. The van der Waals surface area contributed by atoms with E-state index >= 15 is 0 Å². The third-order valence-electron chi connectivity index (χ3n) is 3.23. The zero-order valence-electron chi connectivity index (χ0n) is 11.8. The SMILES string of the molecule is CC(C)Oc1cc(NCC2CCCOC2)ccc1N. The molecule has 0 amide bonds. The fraction of sp³-hybridized carbons (Fsp3) is 0.600. The highest BCUT2D eigenvalue weighted by Crippen LogP contribution is 2.27. The number of nitrogens with two attached hydrogens (primary N) is 1. The van der Waals surface area contributed by atoms with Crippen molar-refractivity contribution in [3.8, 4) is 5.75 Å². The van der Waals surface area contributed by atoms with Crippen molar-refractivity contribution < 1.29 is 9.47 Å². The van der Waals surface area contributed by atoms with Gasteiger partial charge in [-0.25, -0.2) is 0 Å². The fourth-order valence-corrected chi connectivity index (χ4v) is 2.23. The maximum atomic E-state index is 5.90. The van der Waals surface area contributed by atoms with Gasteiger partial charge in [0, 0.05) is 24.9 Å². The van der Waals surface area contributed by atoms with E-state index in [1.807, 2.05) is 32.0 Å². The van der Waals surface area contributed by atoms with Gasteiger partial charge >= 0.3 is 0 Å². The Labute approximate surface area is 115 Å². The van der Waals surface area contributed by atoms with Crippen molar-refractivity contribution in [1.29, 1.82) is 0 Å². The number of hydrogen-bond acceptors (Lipinski definition) is 4. The number of rotatable bonds is 5. The maximum Gasteiger partial charge on any atom is 0.144 e. The number of anilines is 2. The van der Waals surface area contributed by atoms with Crippen molar-refractivity contribution in [3.05, 3.63) is 18.2 Å². The van der Waals surface area contributed by atoms with E-state index < -0.39 is 0 Å². The molecular weight excluding hydrogens is 240 g/mol. The zero-order chi connectivity index (χ0) is 13.7. The fourth-order valence-electron chi connectivity index (χ4n) is 2.23. The Hall–Kier alpha value is -1.42. The first kappa shape index (κ1) is 14.0. The molecule has 0 aliphatic carbocycles. The minimum absolute atomic E-state index is 0.129. The van der Waals surface area contributed by atoms with Gasteiger partial charge < -0.3 is 20.5 Å². The lowest BCUT2D eigenvalue weighted by Gasteiger charge is -2.23. The van der Waals surface area contributed by atoms with Gasteiger partial charge in [-0.3, -0.25) is 0 Å². The summed E-state index contributed by atoms with van der Waals surface area (Å²) in [5, 5.41) is 3.44. The Kier molecular flexibility index (Phi) is 4.91. The van der Waals surface area contributed by atoms with Crippen LogP contribution in [-0.4, -0.2) is 25.9 Å². The number of hydrogen-bond donors (Lipinski definition) is 2. The van der Waals surface area contributed by atoms with Crippen LogP contribution in [0.5, 0.6) is 5.75 Å². The normalized spacial score (nSPS) is 19.4. The zero-order valence-corrected chi connectivity index (χ0v) is 11.8. The van der Waals surface area contributed by atoms with Crippen LogP contribution in [0.4, 0.5) is 11.4 Å².